The van der Waals surface area contributed by atoms with Crippen LogP contribution < -0.4 is 0 Å². The van der Waals surface area contributed by atoms with Crippen LogP contribution in [0.3, 0.4) is 0 Å². The zero-order chi connectivity index (χ0) is 9.68. The molecular weight excluding hydrogens is 204 g/mol. The van der Waals surface area contributed by atoms with Crippen LogP contribution in [0.2, 0.25) is 0 Å². The first kappa shape index (κ1) is 10.4. The van der Waals surface area contributed by atoms with Crippen LogP contribution in [-0.2, 0) is 0 Å². The van der Waals surface area contributed by atoms with E-state index in [1.54, 1.807) is 30.1 Å². The molecule has 0 aromatic carbocycles. The zero-order valence-corrected chi connectivity index (χ0v) is 8.77. The number of hydrogen-bond acceptors (Lipinski definition) is 3. The van der Waals surface area contributed by atoms with Crippen LogP contribution in [0.4, 0.5) is 0 Å². The molecule has 0 amide bonds. The first-order valence-electron chi connectivity index (χ1n) is 3.85. The summed E-state index contributed by atoms with van der Waals surface area (Å²) in [6.45, 7) is 2.03. The third kappa shape index (κ3) is 3.25. The van der Waals surface area contributed by atoms with Crippen molar-refractivity contribution in [2.45, 2.75) is 17.2 Å². The Balaban J connectivity index is 2.73. The van der Waals surface area contributed by atoms with Gasteiger partial charge in [-0.2, -0.15) is 5.26 Å². The molecule has 1 unspecified atom stereocenters. The van der Waals surface area contributed by atoms with Crippen molar-refractivity contribution in [1.29, 1.82) is 5.26 Å². The van der Waals surface area contributed by atoms with Gasteiger partial charge in [-0.15, -0.1) is 23.4 Å². The van der Waals surface area contributed by atoms with E-state index in [4.69, 9.17) is 16.9 Å². The van der Waals surface area contributed by atoms with Crippen LogP contribution in [0.25, 0.3) is 0 Å². The standard InChI is InChI=1S/C9H9ClN2S/c1-7(5-10)13-9-4-8(6-11)2-3-12-9/h2-4,7H,5H2,1H3. The van der Waals surface area contributed by atoms with Crippen molar-refractivity contribution in [1.82, 2.24) is 4.98 Å². The van der Waals surface area contributed by atoms with E-state index in [-0.39, 0.29) is 0 Å². The molecular formula is C9H9ClN2S. The van der Waals surface area contributed by atoms with Gasteiger partial charge in [0.2, 0.25) is 0 Å². The van der Waals surface area contributed by atoms with Crippen LogP contribution in [0, 0.1) is 11.3 Å². The fraction of sp³-hybridized carbons (Fsp3) is 0.333. The van der Waals surface area contributed by atoms with Crippen LogP contribution >= 0.6 is 23.4 Å². The molecule has 4 heteroatoms. The number of hydrogen-bond donors (Lipinski definition) is 0. The molecule has 0 aliphatic rings. The van der Waals surface area contributed by atoms with E-state index in [0.717, 1.165) is 5.03 Å². The quantitative estimate of drug-likeness (QED) is 0.571. The van der Waals surface area contributed by atoms with Gasteiger partial charge in [0.25, 0.3) is 0 Å². The summed E-state index contributed by atoms with van der Waals surface area (Å²) in [5.74, 6) is 0.586. The Hall–Kier alpha value is -0.720. The van der Waals surface area contributed by atoms with Crippen molar-refractivity contribution >= 4 is 23.4 Å². The molecule has 68 valence electrons. The molecule has 0 saturated carbocycles. The summed E-state index contributed by atoms with van der Waals surface area (Å²) in [6.07, 6.45) is 1.64. The second-order valence-electron chi connectivity index (χ2n) is 2.58. The molecule has 0 aliphatic carbocycles. The van der Waals surface area contributed by atoms with Gasteiger partial charge in [-0.25, -0.2) is 4.98 Å². The van der Waals surface area contributed by atoms with Crippen molar-refractivity contribution in [3.05, 3.63) is 23.9 Å². The van der Waals surface area contributed by atoms with Crippen molar-refractivity contribution < 1.29 is 0 Å². The molecule has 2 nitrogen and oxygen atoms in total. The highest BCUT2D eigenvalue weighted by atomic mass is 35.5. The average molecular weight is 213 g/mol. The molecule has 1 rings (SSSR count). The second-order valence-corrected chi connectivity index (χ2v) is 4.34. The molecule has 0 N–H and O–H groups in total. The minimum Gasteiger partial charge on any atom is -0.250 e. The molecule has 1 atom stereocenters. The summed E-state index contributed by atoms with van der Waals surface area (Å²) >= 11 is 7.24. The Labute approximate surface area is 86.9 Å². The molecule has 1 heterocycles. The van der Waals surface area contributed by atoms with E-state index in [2.05, 4.69) is 11.1 Å². The monoisotopic (exact) mass is 212 g/mol. The maximum atomic E-state index is 8.64. The molecule has 0 aliphatic heterocycles. The molecule has 0 bridgehead atoms. The Morgan fingerprint density at radius 2 is 2.54 bits per heavy atom. The largest absolute Gasteiger partial charge is 0.250 e. The maximum Gasteiger partial charge on any atom is 0.0993 e. The lowest BCUT2D eigenvalue weighted by Gasteiger charge is -2.05. The minimum absolute atomic E-state index is 0.322. The van der Waals surface area contributed by atoms with Gasteiger partial charge in [-0.3, -0.25) is 0 Å². The highest BCUT2D eigenvalue weighted by Crippen LogP contribution is 2.21. The van der Waals surface area contributed by atoms with Crippen LogP contribution in [0.15, 0.2) is 23.4 Å². The predicted molar refractivity (Wildman–Crippen MR) is 55.0 cm³/mol. The second kappa shape index (κ2) is 5.11. The molecule has 0 saturated heterocycles. The first-order valence-corrected chi connectivity index (χ1v) is 5.26. The topological polar surface area (TPSA) is 36.7 Å². The fourth-order valence-electron chi connectivity index (χ4n) is 0.781. The molecule has 13 heavy (non-hydrogen) atoms. The maximum absolute atomic E-state index is 8.64. The Morgan fingerprint density at radius 1 is 1.77 bits per heavy atom. The number of alkyl halides is 1. The molecule has 1 aromatic rings. The first-order chi connectivity index (χ1) is 6.26. The minimum atomic E-state index is 0.322. The Kier molecular flexibility index (Phi) is 4.07. The van der Waals surface area contributed by atoms with Gasteiger partial charge in [0, 0.05) is 17.3 Å². The number of halogens is 1. The van der Waals surface area contributed by atoms with Crippen molar-refractivity contribution in [3.8, 4) is 6.07 Å². The van der Waals surface area contributed by atoms with Gasteiger partial charge in [0.1, 0.15) is 0 Å². The van der Waals surface area contributed by atoms with Crippen LogP contribution in [0.5, 0.6) is 0 Å². The highest BCUT2D eigenvalue weighted by molar-refractivity contribution is 7.99. The number of rotatable bonds is 3. The van der Waals surface area contributed by atoms with Gasteiger partial charge in [-0.1, -0.05) is 6.92 Å². The summed E-state index contributed by atoms with van der Waals surface area (Å²) in [5.41, 5.74) is 0.638. The van der Waals surface area contributed by atoms with Gasteiger partial charge in [-0.05, 0) is 12.1 Å². The normalized spacial score (nSPS) is 12.1. The lowest BCUT2D eigenvalue weighted by molar-refractivity contribution is 1.07. The van der Waals surface area contributed by atoms with Crippen molar-refractivity contribution in [2.24, 2.45) is 0 Å². The Morgan fingerprint density at radius 3 is 3.15 bits per heavy atom. The lowest BCUT2D eigenvalue weighted by atomic mass is 10.3. The van der Waals surface area contributed by atoms with E-state index in [9.17, 15) is 0 Å². The molecule has 0 radical (unpaired) electrons. The molecule has 0 fully saturated rings. The van der Waals surface area contributed by atoms with Gasteiger partial charge >= 0.3 is 0 Å². The number of thioether (sulfide) groups is 1. The van der Waals surface area contributed by atoms with E-state index in [1.165, 1.54) is 0 Å². The van der Waals surface area contributed by atoms with Crippen molar-refractivity contribution in [2.75, 3.05) is 5.88 Å². The third-order valence-electron chi connectivity index (χ3n) is 1.40. The predicted octanol–water partition coefficient (Wildman–Crippen LogP) is 2.67. The zero-order valence-electron chi connectivity index (χ0n) is 7.20. The number of aromatic nitrogens is 1. The fourth-order valence-corrected chi connectivity index (χ4v) is 1.76. The summed E-state index contributed by atoms with van der Waals surface area (Å²) < 4.78 is 0. The summed E-state index contributed by atoms with van der Waals surface area (Å²) in [6, 6.07) is 5.53. The number of nitrogens with zero attached hydrogens (tertiary/aromatic N) is 2. The van der Waals surface area contributed by atoms with Gasteiger partial charge in [0.15, 0.2) is 0 Å². The molecule has 1 aromatic heterocycles. The van der Waals surface area contributed by atoms with E-state index in [1.807, 2.05) is 6.92 Å². The third-order valence-corrected chi connectivity index (χ3v) is 3.08. The van der Waals surface area contributed by atoms with Gasteiger partial charge < -0.3 is 0 Å². The van der Waals surface area contributed by atoms with Crippen LogP contribution in [-0.4, -0.2) is 16.1 Å². The highest BCUT2D eigenvalue weighted by Gasteiger charge is 2.03. The SMILES string of the molecule is CC(CCl)Sc1cc(C#N)ccn1. The average Bonchev–Trinajstić information content (AvgIpc) is 2.18. The summed E-state index contributed by atoms with van der Waals surface area (Å²) in [5, 5.41) is 9.82. The van der Waals surface area contributed by atoms with Gasteiger partial charge in [0.05, 0.1) is 16.7 Å². The van der Waals surface area contributed by atoms with E-state index < -0.39 is 0 Å². The lowest BCUT2D eigenvalue weighted by Crippen LogP contribution is -1.97. The molecule has 0 spiro atoms. The number of pyridine rings is 1. The summed E-state index contributed by atoms with van der Waals surface area (Å²) in [7, 11) is 0. The smallest absolute Gasteiger partial charge is 0.0993 e. The van der Waals surface area contributed by atoms with Crippen molar-refractivity contribution in [3.63, 3.8) is 0 Å². The van der Waals surface area contributed by atoms with E-state index >= 15 is 0 Å². The number of nitriles is 1. The van der Waals surface area contributed by atoms with E-state index in [0.29, 0.717) is 16.7 Å². The van der Waals surface area contributed by atoms with Crippen LogP contribution in [0.1, 0.15) is 12.5 Å². The Bertz CT molecular complexity index is 322. The summed E-state index contributed by atoms with van der Waals surface area (Å²) in [4.78, 5) is 4.13.